The van der Waals surface area contributed by atoms with Gasteiger partial charge in [-0.1, -0.05) is 24.6 Å². The molecule has 21 heavy (non-hydrogen) atoms. The standard InChI is InChI=1S/C14H14ClFN2O2S/c1-3-9-11(13(19)20-2)12(18-14(21)17-9)10-7(15)5-4-6-8(10)16/h4-6,12H,3H2,1-2H3,(H2,17,18,21)/t12-/m1/s1. The van der Waals surface area contributed by atoms with Crippen molar-refractivity contribution in [2.75, 3.05) is 7.11 Å². The Morgan fingerprint density at radius 2 is 2.24 bits per heavy atom. The second-order valence-electron chi connectivity index (χ2n) is 4.40. The zero-order valence-electron chi connectivity index (χ0n) is 11.5. The van der Waals surface area contributed by atoms with Crippen molar-refractivity contribution in [2.24, 2.45) is 0 Å². The van der Waals surface area contributed by atoms with Gasteiger partial charge in [-0.3, -0.25) is 0 Å². The first-order valence-electron chi connectivity index (χ1n) is 6.32. The normalized spacial score (nSPS) is 18.1. The van der Waals surface area contributed by atoms with Gasteiger partial charge in [-0.15, -0.1) is 0 Å². The fraction of sp³-hybridized carbons (Fsp3) is 0.286. The van der Waals surface area contributed by atoms with E-state index in [0.717, 1.165) is 0 Å². The summed E-state index contributed by atoms with van der Waals surface area (Å²) in [7, 11) is 1.27. The van der Waals surface area contributed by atoms with Crippen LogP contribution in [0.1, 0.15) is 24.9 Å². The second kappa shape index (κ2) is 6.41. The monoisotopic (exact) mass is 328 g/mol. The second-order valence-corrected chi connectivity index (χ2v) is 5.22. The van der Waals surface area contributed by atoms with Crippen LogP contribution in [0.25, 0.3) is 0 Å². The maximum Gasteiger partial charge on any atom is 0.337 e. The molecule has 0 fully saturated rings. The summed E-state index contributed by atoms with van der Waals surface area (Å²) in [5, 5.41) is 6.31. The Bertz CT molecular complexity index is 613. The number of esters is 1. The molecule has 0 bridgehead atoms. The van der Waals surface area contributed by atoms with Gasteiger partial charge in [0.05, 0.1) is 18.7 Å². The van der Waals surface area contributed by atoms with Crippen molar-refractivity contribution in [2.45, 2.75) is 19.4 Å². The van der Waals surface area contributed by atoms with E-state index >= 15 is 0 Å². The van der Waals surface area contributed by atoms with Crippen LogP contribution in [0.3, 0.4) is 0 Å². The van der Waals surface area contributed by atoms with E-state index in [2.05, 4.69) is 10.6 Å². The highest BCUT2D eigenvalue weighted by atomic mass is 35.5. The number of allylic oxidation sites excluding steroid dienone is 1. The molecular formula is C14H14ClFN2O2S. The number of carbonyl (C=O) groups is 1. The van der Waals surface area contributed by atoms with Gasteiger partial charge in [0.25, 0.3) is 0 Å². The molecule has 2 N–H and O–H groups in total. The highest BCUT2D eigenvalue weighted by Gasteiger charge is 2.34. The number of halogens is 2. The van der Waals surface area contributed by atoms with Crippen LogP contribution in [0, 0.1) is 5.82 Å². The van der Waals surface area contributed by atoms with Gasteiger partial charge in [0.2, 0.25) is 0 Å². The molecule has 7 heteroatoms. The van der Waals surface area contributed by atoms with E-state index < -0.39 is 17.8 Å². The quantitative estimate of drug-likeness (QED) is 0.660. The van der Waals surface area contributed by atoms with Crippen molar-refractivity contribution < 1.29 is 13.9 Å². The minimum atomic E-state index is -0.783. The highest BCUT2D eigenvalue weighted by molar-refractivity contribution is 7.80. The van der Waals surface area contributed by atoms with Gasteiger partial charge in [-0.25, -0.2) is 9.18 Å². The highest BCUT2D eigenvalue weighted by Crippen LogP contribution is 2.34. The lowest BCUT2D eigenvalue weighted by molar-refractivity contribution is -0.136. The van der Waals surface area contributed by atoms with Gasteiger partial charge in [-0.2, -0.15) is 0 Å². The Morgan fingerprint density at radius 3 is 2.81 bits per heavy atom. The lowest BCUT2D eigenvalue weighted by Crippen LogP contribution is -2.46. The third-order valence-electron chi connectivity index (χ3n) is 3.20. The number of nitrogens with one attached hydrogen (secondary N) is 2. The SMILES string of the molecule is CCC1=C(C(=O)OC)[C@@H](c2c(F)cccc2Cl)NC(=S)N1. The Labute approximate surface area is 132 Å². The molecule has 0 unspecified atom stereocenters. The summed E-state index contributed by atoms with van der Waals surface area (Å²) in [6, 6.07) is 3.57. The number of methoxy groups -OCH3 is 1. The van der Waals surface area contributed by atoms with Gasteiger partial charge >= 0.3 is 5.97 Å². The summed E-state index contributed by atoms with van der Waals surface area (Å²) in [5.41, 5.74) is 1.05. The predicted octanol–water partition coefficient (Wildman–Crippen LogP) is 2.84. The molecule has 1 aromatic carbocycles. The van der Waals surface area contributed by atoms with Gasteiger partial charge in [0.15, 0.2) is 5.11 Å². The van der Waals surface area contributed by atoms with Crippen LogP contribution in [0.15, 0.2) is 29.5 Å². The van der Waals surface area contributed by atoms with E-state index in [0.29, 0.717) is 17.2 Å². The molecule has 1 heterocycles. The zero-order chi connectivity index (χ0) is 15.6. The van der Waals surface area contributed by atoms with Crippen LogP contribution in [0.4, 0.5) is 4.39 Å². The van der Waals surface area contributed by atoms with Gasteiger partial charge in [0, 0.05) is 16.3 Å². The average molecular weight is 329 g/mol. The zero-order valence-corrected chi connectivity index (χ0v) is 13.1. The number of carbonyl (C=O) groups excluding carboxylic acids is 1. The molecule has 1 aliphatic heterocycles. The van der Waals surface area contributed by atoms with Crippen LogP contribution in [0.5, 0.6) is 0 Å². The van der Waals surface area contributed by atoms with E-state index in [1.165, 1.54) is 19.2 Å². The molecule has 0 aromatic heterocycles. The molecule has 1 aliphatic rings. The smallest absolute Gasteiger partial charge is 0.337 e. The third-order valence-corrected chi connectivity index (χ3v) is 3.75. The Balaban J connectivity index is 2.63. The van der Waals surface area contributed by atoms with Crippen LogP contribution in [-0.4, -0.2) is 18.2 Å². The summed E-state index contributed by atoms with van der Waals surface area (Å²) < 4.78 is 19.0. The molecule has 0 saturated heterocycles. The third kappa shape index (κ3) is 3.01. The summed E-state index contributed by atoms with van der Waals surface area (Å²) in [4.78, 5) is 12.1. The van der Waals surface area contributed by atoms with Crippen molar-refractivity contribution >= 4 is 34.9 Å². The first kappa shape index (κ1) is 15.7. The van der Waals surface area contributed by atoms with Crippen LogP contribution >= 0.6 is 23.8 Å². The van der Waals surface area contributed by atoms with Crippen molar-refractivity contribution in [3.05, 3.63) is 45.9 Å². The minimum absolute atomic E-state index is 0.175. The molecule has 1 atom stereocenters. The van der Waals surface area contributed by atoms with Crippen LogP contribution < -0.4 is 10.6 Å². The average Bonchev–Trinajstić information content (AvgIpc) is 2.45. The van der Waals surface area contributed by atoms with Crippen molar-refractivity contribution in [1.29, 1.82) is 0 Å². The number of thiocarbonyl (C=S) groups is 1. The largest absolute Gasteiger partial charge is 0.466 e. The number of hydrogen-bond donors (Lipinski definition) is 2. The van der Waals surface area contributed by atoms with Gasteiger partial charge in [-0.05, 0) is 30.8 Å². The molecule has 112 valence electrons. The Hall–Kier alpha value is -1.66. The summed E-state index contributed by atoms with van der Waals surface area (Å²) in [6.07, 6.45) is 0.523. The van der Waals surface area contributed by atoms with E-state index in [1.54, 1.807) is 6.07 Å². The van der Waals surface area contributed by atoms with Gasteiger partial charge < -0.3 is 15.4 Å². The van der Waals surface area contributed by atoms with Crippen LogP contribution in [0.2, 0.25) is 5.02 Å². The molecule has 0 amide bonds. The first-order valence-corrected chi connectivity index (χ1v) is 7.11. The van der Waals surface area contributed by atoms with E-state index in [9.17, 15) is 9.18 Å². The summed E-state index contributed by atoms with van der Waals surface area (Å²) >= 11 is 11.2. The number of ether oxygens (including phenoxy) is 1. The summed E-state index contributed by atoms with van der Waals surface area (Å²) in [6.45, 7) is 1.86. The molecule has 0 radical (unpaired) electrons. The maximum absolute atomic E-state index is 14.2. The first-order chi connectivity index (χ1) is 9.99. The Morgan fingerprint density at radius 1 is 1.52 bits per heavy atom. The number of benzene rings is 1. The molecular weight excluding hydrogens is 315 g/mol. The topological polar surface area (TPSA) is 50.4 Å². The molecule has 1 aromatic rings. The number of hydrogen-bond acceptors (Lipinski definition) is 3. The van der Waals surface area contributed by atoms with E-state index in [-0.39, 0.29) is 16.2 Å². The molecule has 0 saturated carbocycles. The fourth-order valence-corrected chi connectivity index (χ4v) is 2.76. The fourth-order valence-electron chi connectivity index (χ4n) is 2.25. The lowest BCUT2D eigenvalue weighted by Gasteiger charge is -2.31. The van der Waals surface area contributed by atoms with E-state index in [1.807, 2.05) is 6.92 Å². The van der Waals surface area contributed by atoms with Crippen LogP contribution in [-0.2, 0) is 9.53 Å². The minimum Gasteiger partial charge on any atom is -0.466 e. The molecule has 2 rings (SSSR count). The molecule has 4 nitrogen and oxygen atoms in total. The molecule has 0 spiro atoms. The summed E-state index contributed by atoms with van der Waals surface area (Å²) in [5.74, 6) is -1.07. The Kier molecular flexibility index (Phi) is 4.80. The van der Waals surface area contributed by atoms with Crippen molar-refractivity contribution in [3.63, 3.8) is 0 Å². The van der Waals surface area contributed by atoms with Crippen molar-refractivity contribution in [3.8, 4) is 0 Å². The van der Waals surface area contributed by atoms with Gasteiger partial charge in [0.1, 0.15) is 5.82 Å². The maximum atomic E-state index is 14.2. The van der Waals surface area contributed by atoms with E-state index in [4.69, 9.17) is 28.6 Å². The molecule has 0 aliphatic carbocycles. The van der Waals surface area contributed by atoms with Crippen molar-refractivity contribution in [1.82, 2.24) is 10.6 Å². The predicted molar refractivity (Wildman–Crippen MR) is 82.4 cm³/mol. The number of rotatable bonds is 3. The lowest BCUT2D eigenvalue weighted by atomic mass is 9.94.